The molecule has 1 aromatic rings. The highest BCUT2D eigenvalue weighted by atomic mass is 19.1. The Morgan fingerprint density at radius 3 is 2.64 bits per heavy atom. The Hall–Kier alpha value is -0.890. The number of hydrogen-bond acceptors (Lipinski definition) is 1. The second-order valence-electron chi connectivity index (χ2n) is 3.75. The van der Waals surface area contributed by atoms with Crippen LogP contribution in [0.4, 0.5) is 4.39 Å². The van der Waals surface area contributed by atoms with Crippen LogP contribution >= 0.6 is 0 Å². The first-order valence-corrected chi connectivity index (χ1v) is 5.15. The van der Waals surface area contributed by atoms with Crippen molar-refractivity contribution in [2.75, 3.05) is 0 Å². The maximum Gasteiger partial charge on any atom is 0.123 e. The van der Waals surface area contributed by atoms with Crippen LogP contribution in [0.3, 0.4) is 0 Å². The van der Waals surface area contributed by atoms with E-state index in [1.165, 1.54) is 6.07 Å². The Labute approximate surface area is 85.3 Å². The third-order valence-corrected chi connectivity index (χ3v) is 2.50. The van der Waals surface area contributed by atoms with E-state index in [0.29, 0.717) is 6.04 Å². The molecule has 0 aliphatic rings. The highest BCUT2D eigenvalue weighted by molar-refractivity contribution is 5.19. The summed E-state index contributed by atoms with van der Waals surface area (Å²) < 4.78 is 12.9. The highest BCUT2D eigenvalue weighted by Crippen LogP contribution is 2.14. The lowest BCUT2D eigenvalue weighted by Crippen LogP contribution is -2.28. The molecule has 1 nitrogen and oxygen atoms in total. The minimum Gasteiger partial charge on any atom is -0.308 e. The van der Waals surface area contributed by atoms with Crippen molar-refractivity contribution in [3.8, 4) is 0 Å². The van der Waals surface area contributed by atoms with Crippen molar-refractivity contribution < 1.29 is 4.39 Å². The van der Waals surface area contributed by atoms with Gasteiger partial charge in [0.1, 0.15) is 5.82 Å². The first-order valence-electron chi connectivity index (χ1n) is 5.15. The molecule has 78 valence electrons. The molecule has 0 bridgehead atoms. The fraction of sp³-hybridized carbons (Fsp3) is 0.500. The van der Waals surface area contributed by atoms with Crippen molar-refractivity contribution in [1.29, 1.82) is 0 Å². The molecule has 0 aliphatic carbocycles. The summed E-state index contributed by atoms with van der Waals surface area (Å²) in [6.45, 7) is 6.33. The van der Waals surface area contributed by atoms with Gasteiger partial charge in [-0.3, -0.25) is 0 Å². The predicted octanol–water partition coefficient (Wildman–Crippen LogP) is 3.27. The van der Waals surface area contributed by atoms with Crippen molar-refractivity contribution in [2.45, 2.75) is 39.3 Å². The third kappa shape index (κ3) is 3.11. The van der Waals surface area contributed by atoms with Crippen LogP contribution in [-0.4, -0.2) is 6.04 Å². The fourth-order valence-corrected chi connectivity index (χ4v) is 1.42. The molecule has 1 rings (SSSR count). The first kappa shape index (κ1) is 11.2. The second kappa shape index (κ2) is 5.11. The summed E-state index contributed by atoms with van der Waals surface area (Å²) in [6, 6.07) is 7.43. The maximum atomic E-state index is 12.9. The van der Waals surface area contributed by atoms with Gasteiger partial charge >= 0.3 is 0 Å². The lowest BCUT2D eigenvalue weighted by Gasteiger charge is -2.19. The number of hydrogen-bond donors (Lipinski definition) is 1. The van der Waals surface area contributed by atoms with Gasteiger partial charge in [-0.05, 0) is 38.0 Å². The monoisotopic (exact) mass is 195 g/mol. The lowest BCUT2D eigenvalue weighted by molar-refractivity contribution is 0.467. The van der Waals surface area contributed by atoms with Crippen molar-refractivity contribution in [2.24, 2.45) is 0 Å². The van der Waals surface area contributed by atoms with Crippen molar-refractivity contribution in [3.05, 3.63) is 35.6 Å². The summed E-state index contributed by atoms with van der Waals surface area (Å²) in [5.41, 5.74) is 1.00. The van der Waals surface area contributed by atoms with Gasteiger partial charge < -0.3 is 5.32 Å². The minimum atomic E-state index is -0.166. The topological polar surface area (TPSA) is 12.0 Å². The Balaban J connectivity index is 2.64. The molecule has 14 heavy (non-hydrogen) atoms. The van der Waals surface area contributed by atoms with Crippen LogP contribution in [0.25, 0.3) is 0 Å². The number of rotatable bonds is 4. The fourth-order valence-electron chi connectivity index (χ4n) is 1.42. The van der Waals surface area contributed by atoms with Crippen LogP contribution in [-0.2, 0) is 0 Å². The summed E-state index contributed by atoms with van der Waals surface area (Å²) in [7, 11) is 0. The molecule has 0 amide bonds. The number of nitrogens with one attached hydrogen (secondary N) is 1. The minimum absolute atomic E-state index is 0.166. The van der Waals surface area contributed by atoms with E-state index in [1.54, 1.807) is 12.1 Å². The van der Waals surface area contributed by atoms with E-state index in [2.05, 4.69) is 26.1 Å². The highest BCUT2D eigenvalue weighted by Gasteiger charge is 2.08. The second-order valence-corrected chi connectivity index (χ2v) is 3.75. The summed E-state index contributed by atoms with van der Waals surface area (Å²) in [5, 5.41) is 3.41. The van der Waals surface area contributed by atoms with Gasteiger partial charge in [0.05, 0.1) is 0 Å². The van der Waals surface area contributed by atoms with Gasteiger partial charge in [0.25, 0.3) is 0 Å². The molecule has 0 saturated carbocycles. The Kier molecular flexibility index (Phi) is 4.08. The summed E-state index contributed by atoms with van der Waals surface area (Å²) in [6.07, 6.45) is 1.08. The number of halogens is 1. The van der Waals surface area contributed by atoms with E-state index in [1.807, 2.05) is 6.07 Å². The molecule has 1 aromatic carbocycles. The SMILES string of the molecule is CCC(C)N[C@H](C)c1cccc(F)c1. The predicted molar refractivity (Wildman–Crippen MR) is 57.7 cm³/mol. The molecular formula is C12H18FN. The largest absolute Gasteiger partial charge is 0.308 e. The van der Waals surface area contributed by atoms with Crippen LogP contribution in [0.1, 0.15) is 38.8 Å². The normalized spacial score (nSPS) is 15.1. The van der Waals surface area contributed by atoms with Crippen LogP contribution in [0.2, 0.25) is 0 Å². The molecule has 1 N–H and O–H groups in total. The molecule has 2 heteroatoms. The molecule has 0 radical (unpaired) electrons. The summed E-state index contributed by atoms with van der Waals surface area (Å²) in [5.74, 6) is -0.166. The van der Waals surface area contributed by atoms with Gasteiger partial charge in [-0.15, -0.1) is 0 Å². The van der Waals surface area contributed by atoms with Crippen LogP contribution in [0.15, 0.2) is 24.3 Å². The molecule has 0 aromatic heterocycles. The van der Waals surface area contributed by atoms with Crippen LogP contribution < -0.4 is 5.32 Å². The zero-order chi connectivity index (χ0) is 10.6. The van der Waals surface area contributed by atoms with Gasteiger partial charge in [0.15, 0.2) is 0 Å². The Bertz CT molecular complexity index is 285. The van der Waals surface area contributed by atoms with Crippen LogP contribution in [0, 0.1) is 5.82 Å². The van der Waals surface area contributed by atoms with Crippen molar-refractivity contribution in [3.63, 3.8) is 0 Å². The van der Waals surface area contributed by atoms with Crippen LogP contribution in [0.5, 0.6) is 0 Å². The Morgan fingerprint density at radius 1 is 1.36 bits per heavy atom. The number of benzene rings is 1. The molecule has 2 atom stereocenters. The van der Waals surface area contributed by atoms with E-state index in [4.69, 9.17) is 0 Å². The van der Waals surface area contributed by atoms with Gasteiger partial charge in [-0.25, -0.2) is 4.39 Å². The molecule has 0 saturated heterocycles. The summed E-state index contributed by atoms with van der Waals surface area (Å²) in [4.78, 5) is 0. The van der Waals surface area contributed by atoms with E-state index in [-0.39, 0.29) is 11.9 Å². The molecular weight excluding hydrogens is 177 g/mol. The third-order valence-electron chi connectivity index (χ3n) is 2.50. The van der Waals surface area contributed by atoms with E-state index in [9.17, 15) is 4.39 Å². The van der Waals surface area contributed by atoms with E-state index >= 15 is 0 Å². The zero-order valence-corrected chi connectivity index (χ0v) is 9.05. The average molecular weight is 195 g/mol. The van der Waals surface area contributed by atoms with Crippen molar-refractivity contribution >= 4 is 0 Å². The molecule has 0 fully saturated rings. The average Bonchev–Trinajstić information content (AvgIpc) is 2.17. The van der Waals surface area contributed by atoms with Gasteiger partial charge in [-0.2, -0.15) is 0 Å². The van der Waals surface area contributed by atoms with E-state index < -0.39 is 0 Å². The molecule has 0 heterocycles. The van der Waals surface area contributed by atoms with Crippen molar-refractivity contribution in [1.82, 2.24) is 5.32 Å². The molecule has 1 unspecified atom stereocenters. The smallest absolute Gasteiger partial charge is 0.123 e. The molecule has 0 spiro atoms. The summed E-state index contributed by atoms with van der Waals surface area (Å²) >= 11 is 0. The van der Waals surface area contributed by atoms with Gasteiger partial charge in [0, 0.05) is 12.1 Å². The first-order chi connectivity index (χ1) is 6.63. The zero-order valence-electron chi connectivity index (χ0n) is 9.05. The quantitative estimate of drug-likeness (QED) is 0.777. The van der Waals surface area contributed by atoms with Gasteiger partial charge in [-0.1, -0.05) is 19.1 Å². The Morgan fingerprint density at radius 2 is 2.07 bits per heavy atom. The molecule has 0 aliphatic heterocycles. The van der Waals surface area contributed by atoms with E-state index in [0.717, 1.165) is 12.0 Å². The maximum absolute atomic E-state index is 12.9. The lowest BCUT2D eigenvalue weighted by atomic mass is 10.1. The standard InChI is InChI=1S/C12H18FN/c1-4-9(2)14-10(3)11-6-5-7-12(13)8-11/h5-10,14H,4H2,1-3H3/t9?,10-/m1/s1. The van der Waals surface area contributed by atoms with Gasteiger partial charge in [0.2, 0.25) is 0 Å².